The highest BCUT2D eigenvalue weighted by atomic mass is 35.5. The second-order valence-corrected chi connectivity index (χ2v) is 32.0. The van der Waals surface area contributed by atoms with Gasteiger partial charge in [-0.05, 0) is 72.6 Å². The van der Waals surface area contributed by atoms with E-state index in [0.29, 0.717) is 0 Å². The van der Waals surface area contributed by atoms with Gasteiger partial charge in [-0.2, -0.15) is 0 Å². The Morgan fingerprint density at radius 2 is 1.36 bits per heavy atom. The highest BCUT2D eigenvalue weighted by molar-refractivity contribution is 6.39. The fraction of sp³-hybridized carbons (Fsp3) is 0.797. The molecule has 8 N–H and O–H groups in total. The van der Waals surface area contributed by atoms with Crippen molar-refractivity contribution in [2.24, 2.45) is 5.92 Å². The summed E-state index contributed by atoms with van der Waals surface area (Å²) in [7, 11) is 6.57. The van der Waals surface area contributed by atoms with E-state index in [2.05, 4.69) is 5.32 Å². The number of amides is 1. The second kappa shape index (κ2) is 35.4. The predicted molar refractivity (Wildman–Crippen MR) is 384 cm³/mol. The first kappa shape index (κ1) is 88.7. The standard InChI is InChI=1S/C74H104Cl2N2O38/c1-27-18-35(80)19-36(81)44(27)65(87)106-41-25-100-74(64-56(41)98-26-99-64)113-42-24-97-68(60(55(42)114-74)96-17-16-77-34(8)79)111-69-59(94-14)50(84)54(40(107-69)23-91-11)109-67-51(85)58(53(92-12)31(5)103-67)110-70-61(86)72(10)63(33(7)104-70)115-73(116-72)21-37(82)46(29(3)112-73)38-20-39(105-43-22-71(9,78(89)90)62(95-15)32(6)102-43)52(30(4)101-38)108-66(88)45-28(2)47(75)49(83)48(76)57(45)93-13/h18-19,29-33,37-43,46,50-56,58-64,67-70,80-86H,16-17,20-26H2,1-15H3,(H,77,79)/t29-,30-,31-,32+,33-,37-,38-,39-,40-,41-,42+,43+,46-,50+,51-,52-,53+,54-,55-,56+,58-,59+,60-,61-,62+,63-,64-,67+,68+,69+,70+,71-,72-,73-,74-/m1/s1. The Morgan fingerprint density at radius 1 is 0.655 bits per heavy atom. The fourth-order valence-corrected chi connectivity index (χ4v) is 18.5. The molecule has 0 aliphatic carbocycles. The molecule has 116 heavy (non-hydrogen) atoms. The fourth-order valence-electron chi connectivity index (χ4n) is 18.0. The van der Waals surface area contributed by atoms with Gasteiger partial charge in [0.25, 0.3) is 11.5 Å². The number of carbonyl (C=O) groups is 3. The number of esters is 2. The number of nitrogens with one attached hydrogen (secondary N) is 1. The van der Waals surface area contributed by atoms with Crippen molar-refractivity contribution in [3.8, 4) is 23.0 Å². The summed E-state index contributed by atoms with van der Waals surface area (Å²) in [5.74, 6) is -8.79. The minimum atomic E-state index is -2.06. The molecule has 35 atom stereocenters. The summed E-state index contributed by atoms with van der Waals surface area (Å²) in [4.78, 5) is 52.2. The molecule has 0 saturated carbocycles. The third-order valence-corrected chi connectivity index (χ3v) is 24.4. The Labute approximate surface area is 676 Å². The Hall–Kier alpha value is -5.05. The maximum absolute atomic E-state index is 14.4. The number of aryl methyl sites for hydroxylation is 1. The summed E-state index contributed by atoms with van der Waals surface area (Å²) in [5, 5.41) is 96.0. The van der Waals surface area contributed by atoms with Crippen molar-refractivity contribution in [3.05, 3.63) is 54.5 Å². The van der Waals surface area contributed by atoms with Crippen LogP contribution in [-0.2, 0) is 123 Å². The number of hydrogen-bond donors (Lipinski definition) is 8. The van der Waals surface area contributed by atoms with Crippen molar-refractivity contribution < 1.29 is 178 Å². The molecule has 0 aromatic heterocycles. The molecular formula is C74H104Cl2N2O38. The molecule has 0 bridgehead atoms. The van der Waals surface area contributed by atoms with E-state index in [1.54, 1.807) is 41.5 Å². The van der Waals surface area contributed by atoms with Gasteiger partial charge >= 0.3 is 17.9 Å². The quantitative estimate of drug-likeness (QED) is 0.0321. The summed E-state index contributed by atoms with van der Waals surface area (Å²) in [6, 6.07) is 2.29. The van der Waals surface area contributed by atoms with Gasteiger partial charge in [0.2, 0.25) is 5.91 Å². The topological polar surface area (TPSA) is 488 Å². The van der Waals surface area contributed by atoms with Crippen LogP contribution in [0.15, 0.2) is 12.1 Å². The normalized spacial score (nSPS) is 44.1. The van der Waals surface area contributed by atoms with E-state index < -0.39 is 241 Å². The maximum atomic E-state index is 14.4. The van der Waals surface area contributed by atoms with E-state index in [0.717, 1.165) is 6.07 Å². The molecule has 11 aliphatic rings. The smallest absolute Gasteiger partial charge is 0.342 e. The van der Waals surface area contributed by atoms with Gasteiger partial charge in [-0.1, -0.05) is 23.2 Å². The molecule has 2 spiro atoms. The minimum Gasteiger partial charge on any atom is -0.508 e. The lowest BCUT2D eigenvalue weighted by atomic mass is 9.81. The summed E-state index contributed by atoms with van der Waals surface area (Å²) in [5.41, 5.74) is -3.55. The van der Waals surface area contributed by atoms with Crippen LogP contribution >= 0.6 is 23.2 Å². The molecule has 1 amide bonds. The number of aromatic hydroxyl groups is 3. The van der Waals surface area contributed by atoms with Crippen LogP contribution in [0.2, 0.25) is 10.0 Å². The summed E-state index contributed by atoms with van der Waals surface area (Å²) in [6.07, 6.45) is -38.4. The molecule has 0 unspecified atom stereocenters. The molecule has 11 aliphatic heterocycles. The lowest BCUT2D eigenvalue weighted by molar-refractivity contribution is -0.595. The van der Waals surface area contributed by atoms with Crippen molar-refractivity contribution >= 4 is 41.0 Å². The number of fused-ring (bicyclic) bond motifs is 4. The van der Waals surface area contributed by atoms with E-state index in [4.69, 9.17) is 146 Å². The van der Waals surface area contributed by atoms with E-state index in [1.807, 2.05) is 0 Å². The average Bonchev–Trinajstić information content (AvgIpc) is 1.57. The van der Waals surface area contributed by atoms with Crippen LogP contribution in [0.5, 0.6) is 23.0 Å². The number of hydrogen-bond acceptors (Lipinski definition) is 38. The number of rotatable bonds is 24. The third kappa shape index (κ3) is 16.7. The van der Waals surface area contributed by atoms with Crippen molar-refractivity contribution in [3.63, 3.8) is 0 Å². The van der Waals surface area contributed by atoms with Crippen molar-refractivity contribution in [2.75, 3.05) is 75.3 Å². The molecule has 13 rings (SSSR count). The summed E-state index contributed by atoms with van der Waals surface area (Å²) < 4.78 is 163. The number of methoxy groups -OCH3 is 5. The van der Waals surface area contributed by atoms with E-state index in [-0.39, 0.29) is 109 Å². The minimum absolute atomic E-state index is 0.0265. The number of nitrogens with zero attached hydrogens (tertiary/aromatic N) is 1. The zero-order chi connectivity index (χ0) is 83.9. The number of nitro groups is 1. The first-order valence-corrected chi connectivity index (χ1v) is 39.0. The van der Waals surface area contributed by atoms with Gasteiger partial charge in [-0.25, -0.2) is 9.59 Å². The SMILES string of the molecule is COC[C@H]1O[C@@H](O[C@@H]2OC[C@@H]3O[C@@]4(OC[C@@H](OC(=O)c5c(C)cc(O)cc5O)[C@@H]5OCO[C@H]54)O[C@H]3[C@H]2OCCNC(C)=O)[C@@H](OC)[C@@H](O)[C@@H]1O[C@@H]1O[C@H](C)[C@H](OC)[C@H](O[C@@H]2O[C@H](C)[C@H]3O[C@]4(C[C@@H](O)[C@H]([C@H]5C[C@@H](O[C@H]6C[C@@](C)([N+](=O)[O-])[C@@H](OC)[C@H](C)O6)[C@H](OC(=O)c6c(C)c(Cl)c(O)c(Cl)c6OC)[C@@H](C)O5)[C@@H](C)O4)O[C@]3(C)[C@@H]2O)[C@H]1O. The Morgan fingerprint density at radius 3 is 2.03 bits per heavy atom. The van der Waals surface area contributed by atoms with Crippen LogP contribution in [0, 0.1) is 29.9 Å². The zero-order valence-corrected chi connectivity index (χ0v) is 67.9. The van der Waals surface area contributed by atoms with Gasteiger partial charge < -0.3 is 164 Å². The monoisotopic (exact) mass is 1700 g/mol. The highest BCUT2D eigenvalue weighted by Crippen LogP contribution is 2.54. The number of benzene rings is 2. The van der Waals surface area contributed by atoms with Gasteiger partial charge in [0.15, 0.2) is 67.4 Å². The van der Waals surface area contributed by atoms with Crippen LogP contribution < -0.4 is 10.1 Å². The summed E-state index contributed by atoms with van der Waals surface area (Å²) >= 11 is 12.9. The first-order valence-electron chi connectivity index (χ1n) is 38.3. The third-order valence-electron chi connectivity index (χ3n) is 23.6. The van der Waals surface area contributed by atoms with Crippen molar-refractivity contribution in [1.82, 2.24) is 5.32 Å². The Balaban J connectivity index is 0.673. The van der Waals surface area contributed by atoms with Gasteiger partial charge in [0.05, 0.1) is 94.1 Å². The molecule has 11 fully saturated rings. The average molecular weight is 1700 g/mol. The summed E-state index contributed by atoms with van der Waals surface area (Å²) in [6.45, 7) is 14.1. The number of aliphatic hydroxyl groups is 4. The molecular weight excluding hydrogens is 1600 g/mol. The van der Waals surface area contributed by atoms with Gasteiger partial charge in [-0.3, -0.25) is 14.9 Å². The molecule has 652 valence electrons. The van der Waals surface area contributed by atoms with Crippen LogP contribution in [0.1, 0.15) is 106 Å². The molecule has 2 aromatic rings. The van der Waals surface area contributed by atoms with E-state index >= 15 is 0 Å². The number of phenolic OH excluding ortho intramolecular Hbond substituents is 3. The van der Waals surface area contributed by atoms with Crippen molar-refractivity contribution in [1.29, 1.82) is 0 Å². The molecule has 0 radical (unpaired) electrons. The maximum Gasteiger partial charge on any atom is 0.342 e. The molecule has 2 aromatic carbocycles. The lowest BCUT2D eigenvalue weighted by Gasteiger charge is -2.50. The molecule has 40 nitrogen and oxygen atoms in total. The highest BCUT2D eigenvalue weighted by Gasteiger charge is 2.71. The van der Waals surface area contributed by atoms with E-state index in [9.17, 15) is 60.2 Å². The molecule has 11 saturated heterocycles. The molecule has 11 heterocycles. The van der Waals surface area contributed by atoms with E-state index in [1.165, 1.54) is 69.3 Å². The van der Waals surface area contributed by atoms with Gasteiger partial charge in [-0.15, -0.1) is 0 Å². The number of halogens is 2. The Bertz CT molecular complexity index is 3800. The largest absolute Gasteiger partial charge is 0.508 e. The second-order valence-electron chi connectivity index (χ2n) is 31.3. The lowest BCUT2D eigenvalue weighted by Crippen LogP contribution is -2.68. The zero-order valence-electron chi connectivity index (χ0n) is 66.4. The first-order chi connectivity index (χ1) is 55.0. The van der Waals surface area contributed by atoms with Crippen LogP contribution in [-0.4, -0.2) is 341 Å². The van der Waals surface area contributed by atoms with Crippen LogP contribution in [0.4, 0.5) is 0 Å². The Kier molecular flexibility index (Phi) is 27.1. The number of ether oxygens (including phenoxy) is 26. The van der Waals surface area contributed by atoms with Crippen LogP contribution in [0.3, 0.4) is 0 Å². The van der Waals surface area contributed by atoms with Gasteiger partial charge in [0.1, 0.15) is 125 Å². The molecule has 42 heteroatoms. The number of phenols is 3. The van der Waals surface area contributed by atoms with Crippen LogP contribution in [0.25, 0.3) is 0 Å². The number of carbonyl (C=O) groups excluding carboxylic acids is 3. The predicted octanol–water partition coefficient (Wildman–Crippen LogP) is 1.70. The number of aliphatic hydroxyl groups excluding tert-OH is 4. The van der Waals surface area contributed by atoms with Gasteiger partial charge in [0, 0.05) is 72.2 Å². The van der Waals surface area contributed by atoms with Crippen molar-refractivity contribution in [2.45, 2.75) is 296 Å².